The van der Waals surface area contributed by atoms with Crippen LogP contribution in [0.1, 0.15) is 27.7 Å². The summed E-state index contributed by atoms with van der Waals surface area (Å²) in [6.45, 7) is 7.43. The van der Waals surface area contributed by atoms with Gasteiger partial charge in [0.15, 0.2) is 0 Å². The number of fused-ring (bicyclic) bond motifs is 1. The molecule has 0 aliphatic heterocycles. The van der Waals surface area contributed by atoms with E-state index in [1.165, 1.54) is 27.5 Å². The van der Waals surface area contributed by atoms with Gasteiger partial charge in [0.2, 0.25) is 0 Å². The lowest BCUT2D eigenvalue weighted by atomic mass is 9.82. The van der Waals surface area contributed by atoms with Gasteiger partial charge in [-0.25, -0.2) is 0 Å². The number of nitrogens with zero attached hydrogens (tertiary/aromatic N) is 1. The van der Waals surface area contributed by atoms with Crippen LogP contribution in [-0.2, 0) is 4.65 Å². The first-order valence-electron chi connectivity index (χ1n) is 15.2. The molecule has 0 bridgehead atoms. The summed E-state index contributed by atoms with van der Waals surface area (Å²) in [4.78, 5) is 2.33. The van der Waals surface area contributed by atoms with Gasteiger partial charge in [-0.1, -0.05) is 121 Å². The molecule has 0 radical (unpaired) electrons. The van der Waals surface area contributed by atoms with Crippen LogP contribution in [0.15, 0.2) is 146 Å². The summed E-state index contributed by atoms with van der Waals surface area (Å²) in [6.07, 6.45) is 0. The average molecular weight is 576 g/mol. The molecular weight excluding hydrogens is 537 g/mol. The van der Waals surface area contributed by atoms with Crippen LogP contribution in [0.5, 0.6) is 0 Å². The standard InChI is InChI=1S/C40H38BNO2/c1-39(2,43)40(3,4)44-41-34-18-12-20-36(28-34)42(38-22-11-16-32-15-8-9-21-37(32)38)35-19-10-17-33(27-35)31-25-23-30(24-26-31)29-13-6-5-7-14-29/h5-28,41,43H,1-4H3. The van der Waals surface area contributed by atoms with Crippen LogP contribution in [0, 0.1) is 0 Å². The first-order chi connectivity index (χ1) is 21.2. The molecule has 0 atom stereocenters. The lowest BCUT2D eigenvalue weighted by molar-refractivity contribution is -0.0893. The van der Waals surface area contributed by atoms with Gasteiger partial charge in [0.1, 0.15) is 0 Å². The molecule has 0 fully saturated rings. The molecule has 0 unspecified atom stereocenters. The average Bonchev–Trinajstić information content (AvgIpc) is 3.04. The molecule has 218 valence electrons. The number of aliphatic hydroxyl groups is 1. The highest BCUT2D eigenvalue weighted by molar-refractivity contribution is 6.47. The predicted molar refractivity (Wildman–Crippen MR) is 188 cm³/mol. The quantitative estimate of drug-likeness (QED) is 0.175. The van der Waals surface area contributed by atoms with E-state index in [2.05, 4.69) is 144 Å². The Labute approximate surface area is 261 Å². The van der Waals surface area contributed by atoms with Crippen molar-refractivity contribution in [2.45, 2.75) is 38.9 Å². The molecule has 0 amide bonds. The van der Waals surface area contributed by atoms with Crippen LogP contribution in [0.2, 0.25) is 0 Å². The summed E-state index contributed by atoms with van der Waals surface area (Å²) >= 11 is 0. The van der Waals surface area contributed by atoms with Crippen molar-refractivity contribution in [3.05, 3.63) is 146 Å². The largest absolute Gasteiger partial charge is 0.427 e. The van der Waals surface area contributed by atoms with E-state index in [0.29, 0.717) is 7.48 Å². The maximum absolute atomic E-state index is 10.6. The summed E-state index contributed by atoms with van der Waals surface area (Å²) in [5.74, 6) is 0. The van der Waals surface area contributed by atoms with E-state index in [1.807, 2.05) is 19.9 Å². The number of rotatable bonds is 9. The SMILES string of the molecule is CC(C)(O)C(C)(C)OBc1cccc(N(c2cccc(-c3ccc(-c4ccccc4)cc3)c2)c2cccc3ccccc23)c1. The Bertz CT molecular complexity index is 1870. The van der Waals surface area contributed by atoms with E-state index in [9.17, 15) is 5.11 Å². The van der Waals surface area contributed by atoms with E-state index < -0.39 is 11.2 Å². The lowest BCUT2D eigenvalue weighted by Gasteiger charge is -2.37. The molecule has 6 aromatic carbocycles. The summed E-state index contributed by atoms with van der Waals surface area (Å²) in [5, 5.41) is 13.0. The van der Waals surface area contributed by atoms with E-state index in [-0.39, 0.29) is 0 Å². The fraction of sp³-hybridized carbons (Fsp3) is 0.150. The van der Waals surface area contributed by atoms with Gasteiger partial charge in [0, 0.05) is 16.8 Å². The molecule has 0 saturated heterocycles. The fourth-order valence-corrected chi connectivity index (χ4v) is 5.37. The number of hydrogen-bond acceptors (Lipinski definition) is 3. The summed E-state index contributed by atoms with van der Waals surface area (Å²) in [5.41, 5.74) is 7.31. The van der Waals surface area contributed by atoms with Crippen LogP contribution < -0.4 is 10.4 Å². The van der Waals surface area contributed by atoms with E-state index in [0.717, 1.165) is 28.1 Å². The zero-order chi connectivity index (χ0) is 30.7. The topological polar surface area (TPSA) is 32.7 Å². The second-order valence-corrected chi connectivity index (χ2v) is 12.4. The van der Waals surface area contributed by atoms with Gasteiger partial charge in [-0.15, -0.1) is 0 Å². The van der Waals surface area contributed by atoms with E-state index in [4.69, 9.17) is 4.65 Å². The lowest BCUT2D eigenvalue weighted by Crippen LogP contribution is -2.49. The smallest absolute Gasteiger partial charge is 0.309 e. The van der Waals surface area contributed by atoms with Crippen LogP contribution in [0.3, 0.4) is 0 Å². The maximum atomic E-state index is 10.6. The van der Waals surface area contributed by atoms with Crippen LogP contribution in [0.4, 0.5) is 17.1 Å². The molecule has 4 heteroatoms. The molecule has 0 aliphatic rings. The summed E-state index contributed by atoms with van der Waals surface area (Å²) in [6, 6.07) is 51.5. The van der Waals surface area contributed by atoms with Crippen molar-refractivity contribution in [3.8, 4) is 22.3 Å². The molecule has 3 nitrogen and oxygen atoms in total. The number of hydrogen-bond donors (Lipinski definition) is 1. The van der Waals surface area contributed by atoms with E-state index >= 15 is 0 Å². The van der Waals surface area contributed by atoms with Gasteiger partial charge in [-0.2, -0.15) is 0 Å². The third-order valence-electron chi connectivity index (χ3n) is 8.68. The molecule has 0 heterocycles. The van der Waals surface area contributed by atoms with Crippen molar-refractivity contribution < 1.29 is 9.76 Å². The summed E-state index contributed by atoms with van der Waals surface area (Å²) < 4.78 is 6.25. The van der Waals surface area contributed by atoms with Crippen LogP contribution >= 0.6 is 0 Å². The third-order valence-corrected chi connectivity index (χ3v) is 8.68. The van der Waals surface area contributed by atoms with Gasteiger partial charge in [0.25, 0.3) is 0 Å². The Balaban J connectivity index is 1.41. The molecule has 0 aromatic heterocycles. The van der Waals surface area contributed by atoms with Crippen LogP contribution in [-0.4, -0.2) is 23.8 Å². The first kappa shape index (κ1) is 29.4. The molecule has 0 spiro atoms. The maximum Gasteiger partial charge on any atom is 0.309 e. The van der Waals surface area contributed by atoms with Crippen molar-refractivity contribution in [1.29, 1.82) is 0 Å². The van der Waals surface area contributed by atoms with Crippen molar-refractivity contribution in [1.82, 2.24) is 0 Å². The van der Waals surface area contributed by atoms with Crippen molar-refractivity contribution in [2.24, 2.45) is 0 Å². The monoisotopic (exact) mass is 575 g/mol. The van der Waals surface area contributed by atoms with E-state index in [1.54, 1.807) is 13.8 Å². The Morgan fingerprint density at radius 1 is 0.545 bits per heavy atom. The highest BCUT2D eigenvalue weighted by atomic mass is 16.5. The minimum Gasteiger partial charge on any atom is -0.427 e. The Kier molecular flexibility index (Phi) is 8.14. The summed E-state index contributed by atoms with van der Waals surface area (Å²) in [7, 11) is 0.391. The molecule has 6 rings (SSSR count). The molecule has 1 N–H and O–H groups in total. The molecule has 0 saturated carbocycles. The minimum absolute atomic E-state index is 0.391. The Morgan fingerprint density at radius 3 is 1.82 bits per heavy atom. The fourth-order valence-electron chi connectivity index (χ4n) is 5.37. The van der Waals surface area contributed by atoms with Gasteiger partial charge >= 0.3 is 7.48 Å². The van der Waals surface area contributed by atoms with Crippen molar-refractivity contribution in [3.63, 3.8) is 0 Å². The highest BCUT2D eigenvalue weighted by Gasteiger charge is 2.35. The van der Waals surface area contributed by atoms with Gasteiger partial charge in [-0.05, 0) is 85.7 Å². The number of anilines is 3. The first-order valence-corrected chi connectivity index (χ1v) is 15.2. The minimum atomic E-state index is -0.973. The molecular formula is C40H38BNO2. The normalized spacial score (nSPS) is 11.8. The number of benzene rings is 6. The second-order valence-electron chi connectivity index (χ2n) is 12.4. The predicted octanol–water partition coefficient (Wildman–Crippen LogP) is 9.19. The molecule has 6 aromatic rings. The van der Waals surface area contributed by atoms with Gasteiger partial charge < -0.3 is 14.7 Å². The van der Waals surface area contributed by atoms with Gasteiger partial charge in [0.05, 0.1) is 16.9 Å². The highest BCUT2D eigenvalue weighted by Crippen LogP contribution is 2.40. The van der Waals surface area contributed by atoms with Crippen molar-refractivity contribution in [2.75, 3.05) is 4.90 Å². The van der Waals surface area contributed by atoms with Crippen molar-refractivity contribution >= 4 is 40.8 Å². The molecule has 44 heavy (non-hydrogen) atoms. The second kappa shape index (κ2) is 12.2. The zero-order valence-corrected chi connectivity index (χ0v) is 25.9. The zero-order valence-electron chi connectivity index (χ0n) is 25.9. The molecule has 0 aliphatic carbocycles. The van der Waals surface area contributed by atoms with Crippen LogP contribution in [0.25, 0.3) is 33.0 Å². The Hall–Kier alpha value is -4.64. The van der Waals surface area contributed by atoms with Gasteiger partial charge in [-0.3, -0.25) is 0 Å². The Morgan fingerprint density at radius 2 is 1.09 bits per heavy atom. The third kappa shape index (κ3) is 6.19.